The Labute approximate surface area is 177 Å². The maximum Gasteiger partial charge on any atom is 0.336 e. The second-order valence-electron chi connectivity index (χ2n) is 7.37. The average Bonchev–Trinajstić information content (AvgIpc) is 2.75. The number of hydrogen-bond donors (Lipinski definition) is 4. The van der Waals surface area contributed by atoms with Crippen molar-refractivity contribution in [1.82, 2.24) is 0 Å². The van der Waals surface area contributed by atoms with Crippen LogP contribution in [0.5, 0.6) is 0 Å². The van der Waals surface area contributed by atoms with Crippen LogP contribution in [0, 0.1) is 0 Å². The number of rotatable bonds is 4. The van der Waals surface area contributed by atoms with Crippen LogP contribution in [0.2, 0.25) is 0 Å². The van der Waals surface area contributed by atoms with Crippen molar-refractivity contribution in [2.24, 2.45) is 0 Å². The first kappa shape index (κ1) is 19.3. The Hall–Kier alpha value is -4.72. The lowest BCUT2D eigenvalue weighted by Crippen LogP contribution is -2.09. The highest BCUT2D eigenvalue weighted by atomic mass is 16.4. The van der Waals surface area contributed by atoms with Crippen LogP contribution in [0.25, 0.3) is 43.1 Å². The van der Waals surface area contributed by atoms with Crippen LogP contribution >= 0.6 is 0 Å². The SMILES string of the molecule is O=C(O)c1ccc2c3c(C(=O)O)cc(C(=O)O)c4c(C(=O)O)ccc(c5cccc1c52)c43. The van der Waals surface area contributed by atoms with E-state index in [1.54, 1.807) is 18.2 Å². The number of benzene rings is 5. The smallest absolute Gasteiger partial charge is 0.336 e. The van der Waals surface area contributed by atoms with Gasteiger partial charge in [-0.25, -0.2) is 19.2 Å². The molecule has 0 aliphatic heterocycles. The number of hydrogen-bond acceptors (Lipinski definition) is 4. The van der Waals surface area contributed by atoms with Crippen LogP contribution in [-0.4, -0.2) is 44.3 Å². The lowest BCUT2D eigenvalue weighted by atomic mass is 9.83. The summed E-state index contributed by atoms with van der Waals surface area (Å²) in [6.45, 7) is 0. The molecular weight excluding hydrogens is 416 g/mol. The molecule has 5 aromatic carbocycles. The molecule has 8 heteroatoms. The standard InChI is InChI=1S/C24H12O8/c25-21(26)12-5-6-13-17-9(2-1-3-10(12)17)11-4-7-14(22(27)28)19-16(24(31)32)8-15(23(29)30)18(13)20(11)19/h1-8H,(H,25,26)(H,27,28)(H,29,30)(H,31,32). The molecule has 32 heavy (non-hydrogen) atoms. The third-order valence-electron chi connectivity index (χ3n) is 5.80. The minimum Gasteiger partial charge on any atom is -0.478 e. The first-order valence-corrected chi connectivity index (χ1v) is 9.35. The molecule has 0 heterocycles. The molecule has 0 spiro atoms. The van der Waals surface area contributed by atoms with Crippen molar-refractivity contribution in [2.45, 2.75) is 0 Å². The number of carbonyl (C=O) groups is 4. The van der Waals surface area contributed by atoms with Gasteiger partial charge in [0.1, 0.15) is 0 Å². The zero-order chi connectivity index (χ0) is 22.9. The van der Waals surface area contributed by atoms with Crippen molar-refractivity contribution in [2.75, 3.05) is 0 Å². The molecule has 0 saturated carbocycles. The lowest BCUT2D eigenvalue weighted by molar-refractivity contribution is 0.0684. The van der Waals surface area contributed by atoms with Gasteiger partial charge in [-0.05, 0) is 50.5 Å². The van der Waals surface area contributed by atoms with Gasteiger partial charge < -0.3 is 20.4 Å². The molecule has 5 aromatic rings. The van der Waals surface area contributed by atoms with Crippen LogP contribution in [-0.2, 0) is 0 Å². The predicted octanol–water partition coefficient (Wildman–Crippen LogP) is 4.53. The van der Waals surface area contributed by atoms with E-state index in [0.29, 0.717) is 26.9 Å². The zero-order valence-electron chi connectivity index (χ0n) is 16.0. The molecule has 0 saturated heterocycles. The first-order chi connectivity index (χ1) is 15.2. The maximum absolute atomic E-state index is 12.2. The summed E-state index contributed by atoms with van der Waals surface area (Å²) >= 11 is 0. The summed E-state index contributed by atoms with van der Waals surface area (Å²) < 4.78 is 0. The minimum absolute atomic E-state index is 0.0338. The highest BCUT2D eigenvalue weighted by molar-refractivity contribution is 6.39. The van der Waals surface area contributed by atoms with E-state index in [0.717, 1.165) is 6.07 Å². The van der Waals surface area contributed by atoms with Gasteiger partial charge >= 0.3 is 23.9 Å². The van der Waals surface area contributed by atoms with Gasteiger partial charge in [0.15, 0.2) is 0 Å². The van der Waals surface area contributed by atoms with Crippen molar-refractivity contribution in [1.29, 1.82) is 0 Å². The van der Waals surface area contributed by atoms with Gasteiger partial charge in [0.2, 0.25) is 0 Å². The summed E-state index contributed by atoms with van der Waals surface area (Å²) in [6, 6.07) is 11.6. The Bertz CT molecular complexity index is 1680. The Morgan fingerprint density at radius 3 is 1.56 bits per heavy atom. The molecule has 0 fully saturated rings. The molecule has 0 aliphatic rings. The predicted molar refractivity (Wildman–Crippen MR) is 115 cm³/mol. The van der Waals surface area contributed by atoms with Gasteiger partial charge in [-0.2, -0.15) is 0 Å². The van der Waals surface area contributed by atoms with E-state index in [1.165, 1.54) is 24.3 Å². The molecule has 156 valence electrons. The minimum atomic E-state index is -1.45. The normalized spacial score (nSPS) is 11.5. The zero-order valence-corrected chi connectivity index (χ0v) is 16.0. The lowest BCUT2D eigenvalue weighted by Gasteiger charge is -2.19. The number of carboxylic acids is 4. The van der Waals surface area contributed by atoms with Crippen LogP contribution in [0.1, 0.15) is 41.4 Å². The van der Waals surface area contributed by atoms with Crippen LogP contribution in [0.3, 0.4) is 0 Å². The summed E-state index contributed by atoms with van der Waals surface area (Å²) in [5.41, 5.74) is -0.973. The fraction of sp³-hybridized carbons (Fsp3) is 0. The van der Waals surface area contributed by atoms with Crippen molar-refractivity contribution in [3.05, 3.63) is 70.8 Å². The molecule has 8 nitrogen and oxygen atoms in total. The topological polar surface area (TPSA) is 149 Å². The Kier molecular flexibility index (Phi) is 3.84. The van der Waals surface area contributed by atoms with Gasteiger partial charge in [0.25, 0.3) is 0 Å². The van der Waals surface area contributed by atoms with Crippen LogP contribution in [0.4, 0.5) is 0 Å². The average molecular weight is 428 g/mol. The molecule has 0 radical (unpaired) electrons. The Morgan fingerprint density at radius 1 is 0.438 bits per heavy atom. The van der Waals surface area contributed by atoms with E-state index in [4.69, 9.17) is 0 Å². The Morgan fingerprint density at radius 2 is 0.938 bits per heavy atom. The van der Waals surface area contributed by atoms with E-state index in [2.05, 4.69) is 0 Å². The second kappa shape index (κ2) is 6.39. The van der Waals surface area contributed by atoms with Gasteiger partial charge in [0, 0.05) is 10.8 Å². The molecule has 4 N–H and O–H groups in total. The van der Waals surface area contributed by atoms with Gasteiger partial charge in [-0.1, -0.05) is 30.3 Å². The molecular formula is C24H12O8. The monoisotopic (exact) mass is 428 g/mol. The summed E-state index contributed by atoms with van der Waals surface area (Å²) in [7, 11) is 0. The first-order valence-electron chi connectivity index (χ1n) is 9.35. The fourth-order valence-electron chi connectivity index (χ4n) is 4.61. The van der Waals surface area contributed by atoms with E-state index >= 15 is 0 Å². The van der Waals surface area contributed by atoms with E-state index in [-0.39, 0.29) is 32.8 Å². The van der Waals surface area contributed by atoms with Crippen molar-refractivity contribution >= 4 is 67.0 Å². The summed E-state index contributed by atoms with van der Waals surface area (Å²) in [6.07, 6.45) is 0. The molecule has 0 bridgehead atoms. The van der Waals surface area contributed by atoms with Crippen LogP contribution in [0.15, 0.2) is 48.5 Å². The van der Waals surface area contributed by atoms with E-state index in [9.17, 15) is 39.6 Å². The summed E-state index contributed by atoms with van der Waals surface area (Å²) in [4.78, 5) is 47.8. The van der Waals surface area contributed by atoms with E-state index < -0.39 is 29.4 Å². The van der Waals surface area contributed by atoms with Gasteiger partial charge in [-0.15, -0.1) is 0 Å². The maximum atomic E-state index is 12.2. The molecule has 0 amide bonds. The molecule has 0 aromatic heterocycles. The van der Waals surface area contributed by atoms with Gasteiger partial charge in [0.05, 0.1) is 22.3 Å². The number of fused-ring (bicyclic) bond motifs is 2. The van der Waals surface area contributed by atoms with E-state index in [1.807, 2.05) is 0 Å². The summed E-state index contributed by atoms with van der Waals surface area (Å²) in [5, 5.41) is 41.6. The van der Waals surface area contributed by atoms with Crippen molar-refractivity contribution in [3.63, 3.8) is 0 Å². The molecule has 0 aliphatic carbocycles. The third kappa shape index (κ3) is 2.37. The summed E-state index contributed by atoms with van der Waals surface area (Å²) in [5.74, 6) is -5.33. The third-order valence-corrected chi connectivity index (χ3v) is 5.80. The number of aromatic carboxylic acids is 4. The molecule has 0 unspecified atom stereocenters. The van der Waals surface area contributed by atoms with Crippen molar-refractivity contribution in [3.8, 4) is 0 Å². The Balaban J connectivity index is 2.23. The molecule has 0 atom stereocenters. The van der Waals surface area contributed by atoms with Crippen molar-refractivity contribution < 1.29 is 39.6 Å². The second-order valence-corrected chi connectivity index (χ2v) is 7.37. The quantitative estimate of drug-likeness (QED) is 0.241. The number of carboxylic acid groups (broad SMARTS) is 4. The highest BCUT2D eigenvalue weighted by Crippen LogP contribution is 2.44. The fourth-order valence-corrected chi connectivity index (χ4v) is 4.61. The highest BCUT2D eigenvalue weighted by Gasteiger charge is 2.27. The van der Waals surface area contributed by atoms with Gasteiger partial charge in [-0.3, -0.25) is 0 Å². The largest absolute Gasteiger partial charge is 0.478 e. The molecule has 5 rings (SSSR count). The van der Waals surface area contributed by atoms with Crippen LogP contribution < -0.4 is 0 Å².